The van der Waals surface area contributed by atoms with E-state index >= 15 is 0 Å². The first-order chi connectivity index (χ1) is 16.2. The van der Waals surface area contributed by atoms with E-state index in [0.717, 1.165) is 28.2 Å². The number of nitrogens with zero attached hydrogens (tertiary/aromatic N) is 5. The lowest BCUT2D eigenvalue weighted by Gasteiger charge is -2.20. The number of pyridine rings is 1. The average Bonchev–Trinajstić information content (AvgIpc) is 3.59. The van der Waals surface area contributed by atoms with E-state index in [1.54, 1.807) is 24.3 Å². The van der Waals surface area contributed by atoms with Crippen molar-refractivity contribution in [2.45, 2.75) is 26.2 Å². The molecular formula is C23H22N6O4. The molecule has 1 aromatic carbocycles. The second kappa shape index (κ2) is 9.13. The van der Waals surface area contributed by atoms with Gasteiger partial charge in [-0.05, 0) is 59.0 Å². The summed E-state index contributed by atoms with van der Waals surface area (Å²) in [6.07, 6.45) is 3.24. The predicted octanol–water partition coefficient (Wildman–Crippen LogP) is 2.96. The monoisotopic (exact) mass is 446 g/mol. The molecule has 0 atom stereocenters. The van der Waals surface area contributed by atoms with Crippen molar-refractivity contribution in [1.82, 2.24) is 30.1 Å². The Hall–Kier alpha value is -4.18. The van der Waals surface area contributed by atoms with E-state index in [9.17, 15) is 4.79 Å². The van der Waals surface area contributed by atoms with Crippen LogP contribution in [0.4, 0.5) is 0 Å². The molecule has 0 aliphatic rings. The zero-order valence-corrected chi connectivity index (χ0v) is 18.0. The second-order valence-corrected chi connectivity index (χ2v) is 7.63. The van der Waals surface area contributed by atoms with Gasteiger partial charge in [-0.2, -0.15) is 0 Å². The highest BCUT2D eigenvalue weighted by Gasteiger charge is 2.17. The number of rotatable bonds is 9. The summed E-state index contributed by atoms with van der Waals surface area (Å²) in [7, 11) is 1.62. The Balaban J connectivity index is 1.43. The van der Waals surface area contributed by atoms with Crippen molar-refractivity contribution in [2.75, 3.05) is 7.11 Å². The van der Waals surface area contributed by atoms with Crippen LogP contribution in [0.15, 0.2) is 74.7 Å². The number of ether oxygens (including phenoxy) is 1. The third-order valence-electron chi connectivity index (χ3n) is 5.34. The molecule has 0 aliphatic heterocycles. The lowest BCUT2D eigenvalue weighted by atomic mass is 10.1. The number of methoxy groups -OCH3 is 1. The maximum Gasteiger partial charge on any atom is 0.252 e. The number of benzene rings is 1. The van der Waals surface area contributed by atoms with E-state index in [4.69, 9.17) is 13.6 Å². The van der Waals surface area contributed by atoms with Gasteiger partial charge in [0.15, 0.2) is 5.82 Å². The lowest BCUT2D eigenvalue weighted by Crippen LogP contribution is -2.28. The van der Waals surface area contributed by atoms with Crippen LogP contribution in [0.5, 0.6) is 5.75 Å². The van der Waals surface area contributed by atoms with Crippen molar-refractivity contribution in [3.05, 3.63) is 94.3 Å². The fourth-order valence-corrected chi connectivity index (χ4v) is 3.72. The SMILES string of the molecule is COc1ccc2[nH]c(=O)c(CN(Cc3ccco3)Cc3nnnn3Cc3ccco3)cc2c1. The molecule has 0 saturated heterocycles. The van der Waals surface area contributed by atoms with Gasteiger partial charge in [0.1, 0.15) is 23.8 Å². The fourth-order valence-electron chi connectivity index (χ4n) is 3.72. The molecule has 1 N–H and O–H groups in total. The molecule has 4 heterocycles. The summed E-state index contributed by atoms with van der Waals surface area (Å²) in [5, 5.41) is 13.0. The first-order valence-corrected chi connectivity index (χ1v) is 10.4. The summed E-state index contributed by atoms with van der Waals surface area (Å²) in [5.41, 5.74) is 1.23. The summed E-state index contributed by atoms with van der Waals surface area (Å²) < 4.78 is 18.0. The van der Waals surface area contributed by atoms with Gasteiger partial charge in [0.05, 0.1) is 32.7 Å². The van der Waals surface area contributed by atoms with Crippen LogP contribution in [0, 0.1) is 0 Å². The van der Waals surface area contributed by atoms with Crippen molar-refractivity contribution >= 4 is 10.9 Å². The number of hydrogen-bond donors (Lipinski definition) is 1. The molecule has 33 heavy (non-hydrogen) atoms. The van der Waals surface area contributed by atoms with Crippen LogP contribution in [0.3, 0.4) is 0 Å². The number of nitrogens with one attached hydrogen (secondary N) is 1. The van der Waals surface area contributed by atoms with Gasteiger partial charge in [0, 0.05) is 23.0 Å². The highest BCUT2D eigenvalue weighted by atomic mass is 16.5. The maximum absolute atomic E-state index is 12.8. The molecule has 10 nitrogen and oxygen atoms in total. The van der Waals surface area contributed by atoms with E-state index in [2.05, 4.69) is 25.4 Å². The highest BCUT2D eigenvalue weighted by molar-refractivity contribution is 5.80. The Morgan fingerprint density at radius 1 is 1.03 bits per heavy atom. The molecule has 4 aromatic heterocycles. The van der Waals surface area contributed by atoms with Gasteiger partial charge in [-0.15, -0.1) is 5.10 Å². The Morgan fingerprint density at radius 2 is 1.85 bits per heavy atom. The van der Waals surface area contributed by atoms with Crippen molar-refractivity contribution in [3.8, 4) is 5.75 Å². The summed E-state index contributed by atoms with van der Waals surface area (Å²) in [6.45, 7) is 1.68. The maximum atomic E-state index is 12.8. The Bertz CT molecular complexity index is 1390. The number of H-pyrrole nitrogens is 1. The number of aromatic nitrogens is 5. The Labute approximate surface area is 188 Å². The fraction of sp³-hybridized carbons (Fsp3) is 0.217. The van der Waals surface area contributed by atoms with E-state index < -0.39 is 0 Å². The molecule has 0 amide bonds. The zero-order valence-electron chi connectivity index (χ0n) is 18.0. The minimum Gasteiger partial charge on any atom is -0.497 e. The molecule has 5 aromatic rings. The minimum absolute atomic E-state index is 0.146. The molecule has 0 unspecified atom stereocenters. The first-order valence-electron chi connectivity index (χ1n) is 10.4. The molecule has 0 bridgehead atoms. The molecule has 0 spiro atoms. The van der Waals surface area contributed by atoms with Crippen LogP contribution in [-0.4, -0.2) is 37.2 Å². The summed E-state index contributed by atoms with van der Waals surface area (Å²) >= 11 is 0. The molecule has 0 radical (unpaired) electrons. The van der Waals surface area contributed by atoms with Gasteiger partial charge in [-0.3, -0.25) is 9.69 Å². The number of fused-ring (bicyclic) bond motifs is 1. The summed E-state index contributed by atoms with van der Waals surface area (Å²) in [6, 6.07) is 14.9. The normalized spacial score (nSPS) is 11.5. The quantitative estimate of drug-likeness (QED) is 0.367. The molecule has 5 rings (SSSR count). The largest absolute Gasteiger partial charge is 0.497 e. The van der Waals surface area contributed by atoms with Crippen LogP contribution in [0.25, 0.3) is 10.9 Å². The van der Waals surface area contributed by atoms with Crippen LogP contribution >= 0.6 is 0 Å². The van der Waals surface area contributed by atoms with Crippen LogP contribution in [-0.2, 0) is 26.2 Å². The summed E-state index contributed by atoms with van der Waals surface area (Å²) in [5.74, 6) is 2.90. The van der Waals surface area contributed by atoms with Gasteiger partial charge in [-0.1, -0.05) is 0 Å². The van der Waals surface area contributed by atoms with E-state index in [1.165, 1.54) is 0 Å². The number of aromatic amines is 1. The number of tetrazole rings is 1. The summed E-state index contributed by atoms with van der Waals surface area (Å²) in [4.78, 5) is 17.8. The molecule has 168 valence electrons. The third-order valence-corrected chi connectivity index (χ3v) is 5.34. The van der Waals surface area contributed by atoms with Crippen molar-refractivity contribution in [3.63, 3.8) is 0 Å². The van der Waals surface area contributed by atoms with E-state index in [1.807, 2.05) is 48.5 Å². The zero-order chi connectivity index (χ0) is 22.6. The van der Waals surface area contributed by atoms with Gasteiger partial charge in [0.2, 0.25) is 0 Å². The van der Waals surface area contributed by atoms with Gasteiger partial charge >= 0.3 is 0 Å². The predicted molar refractivity (Wildman–Crippen MR) is 118 cm³/mol. The van der Waals surface area contributed by atoms with Crippen molar-refractivity contribution in [2.24, 2.45) is 0 Å². The van der Waals surface area contributed by atoms with Gasteiger partial charge in [0.25, 0.3) is 5.56 Å². The molecule has 0 aliphatic carbocycles. The smallest absolute Gasteiger partial charge is 0.252 e. The van der Waals surface area contributed by atoms with Crippen molar-refractivity contribution in [1.29, 1.82) is 0 Å². The van der Waals surface area contributed by atoms with Gasteiger partial charge in [-0.25, -0.2) is 4.68 Å². The van der Waals surface area contributed by atoms with Crippen LogP contribution < -0.4 is 10.3 Å². The Kier molecular flexibility index (Phi) is 5.73. The second-order valence-electron chi connectivity index (χ2n) is 7.63. The van der Waals surface area contributed by atoms with E-state index in [0.29, 0.717) is 37.6 Å². The molecule has 0 fully saturated rings. The molecule has 10 heteroatoms. The topological polar surface area (TPSA) is 115 Å². The number of hydrogen-bond acceptors (Lipinski definition) is 8. The van der Waals surface area contributed by atoms with Crippen molar-refractivity contribution < 1.29 is 13.6 Å². The lowest BCUT2D eigenvalue weighted by molar-refractivity contribution is 0.216. The standard InChI is InChI=1S/C23H22N6O4/c1-31-18-6-7-21-16(11-18)10-17(23(30)24-21)12-28(13-19-4-2-8-32-19)15-22-25-26-27-29(22)14-20-5-3-9-33-20/h2-11H,12-15H2,1H3,(H,24,30). The third kappa shape index (κ3) is 4.70. The van der Waals surface area contributed by atoms with Crippen LogP contribution in [0.1, 0.15) is 22.9 Å². The van der Waals surface area contributed by atoms with E-state index in [-0.39, 0.29) is 5.56 Å². The first kappa shape index (κ1) is 20.7. The molecular weight excluding hydrogens is 424 g/mol. The van der Waals surface area contributed by atoms with Crippen LogP contribution in [0.2, 0.25) is 0 Å². The number of furan rings is 2. The highest BCUT2D eigenvalue weighted by Crippen LogP contribution is 2.20. The molecule has 0 saturated carbocycles. The Morgan fingerprint density at radius 3 is 2.61 bits per heavy atom. The average molecular weight is 446 g/mol. The minimum atomic E-state index is -0.146. The van der Waals surface area contributed by atoms with Gasteiger partial charge < -0.3 is 18.6 Å².